The Balaban J connectivity index is 1.79. The molecule has 1 aromatic heterocycles. The number of carbonyl (C=O) groups is 2. The van der Waals surface area contributed by atoms with Crippen LogP contribution in [0, 0.1) is 6.92 Å². The molecule has 1 atom stereocenters. The van der Waals surface area contributed by atoms with Crippen molar-refractivity contribution in [3.8, 4) is 0 Å². The number of rotatable bonds is 6. The predicted octanol–water partition coefficient (Wildman–Crippen LogP) is 4.75. The summed E-state index contributed by atoms with van der Waals surface area (Å²) in [6.45, 7) is 3.20. The van der Waals surface area contributed by atoms with E-state index >= 15 is 0 Å². The van der Waals surface area contributed by atoms with E-state index in [0.29, 0.717) is 21.9 Å². The van der Waals surface area contributed by atoms with Gasteiger partial charge in [0.15, 0.2) is 11.9 Å². The Morgan fingerprint density at radius 1 is 1.14 bits per heavy atom. The molecule has 0 fully saturated rings. The minimum absolute atomic E-state index is 0.258. The molecule has 6 nitrogen and oxygen atoms in total. The Morgan fingerprint density at radius 2 is 1.83 bits per heavy atom. The lowest BCUT2D eigenvalue weighted by Crippen LogP contribution is -2.30. The molecule has 29 heavy (non-hydrogen) atoms. The summed E-state index contributed by atoms with van der Waals surface area (Å²) in [5, 5.41) is 6.79. The van der Waals surface area contributed by atoms with Crippen LogP contribution in [-0.4, -0.2) is 23.1 Å². The summed E-state index contributed by atoms with van der Waals surface area (Å²) in [7, 11) is 0. The second kappa shape index (κ2) is 9.21. The number of hydrogen-bond donors (Lipinski definition) is 1. The molecule has 0 aliphatic rings. The predicted molar refractivity (Wildman–Crippen MR) is 111 cm³/mol. The Labute approximate surface area is 173 Å². The number of carbonyl (C=O) groups excluding carboxylic acids is 2. The lowest BCUT2D eigenvalue weighted by Gasteiger charge is -2.14. The van der Waals surface area contributed by atoms with Crippen LogP contribution in [0.2, 0.25) is 5.02 Å². The van der Waals surface area contributed by atoms with E-state index in [4.69, 9.17) is 20.9 Å². The van der Waals surface area contributed by atoms with E-state index in [2.05, 4.69) is 10.5 Å². The van der Waals surface area contributed by atoms with Crippen LogP contribution in [0.1, 0.15) is 23.8 Å². The van der Waals surface area contributed by atoms with Crippen LogP contribution in [0.3, 0.4) is 0 Å². The molecule has 3 aromatic rings. The van der Waals surface area contributed by atoms with E-state index in [-0.39, 0.29) is 5.82 Å². The van der Waals surface area contributed by atoms with Gasteiger partial charge in [0.05, 0.1) is 5.57 Å². The second-order valence-electron chi connectivity index (χ2n) is 6.34. The van der Waals surface area contributed by atoms with Gasteiger partial charge in [-0.2, -0.15) is 0 Å². The van der Waals surface area contributed by atoms with E-state index in [1.807, 2.05) is 30.3 Å². The SMILES string of the molecule is Cc1cc(NC(=O)[C@H](C)OC(=O)/C(=C/c2ccccc2)c2ccc(Cl)cc2)no1. The summed E-state index contributed by atoms with van der Waals surface area (Å²) in [5.41, 5.74) is 1.76. The lowest BCUT2D eigenvalue weighted by atomic mass is 10.0. The smallest absolute Gasteiger partial charge is 0.339 e. The molecular weight excluding hydrogens is 392 g/mol. The maximum Gasteiger partial charge on any atom is 0.339 e. The lowest BCUT2D eigenvalue weighted by molar-refractivity contribution is -0.147. The third kappa shape index (κ3) is 5.56. The minimum Gasteiger partial charge on any atom is -0.449 e. The number of amides is 1. The highest BCUT2D eigenvalue weighted by molar-refractivity contribution is 6.30. The quantitative estimate of drug-likeness (QED) is 0.360. The van der Waals surface area contributed by atoms with Crippen molar-refractivity contribution in [1.29, 1.82) is 0 Å². The molecule has 0 radical (unpaired) electrons. The van der Waals surface area contributed by atoms with Gasteiger partial charge in [0.2, 0.25) is 0 Å². The third-order valence-electron chi connectivity index (χ3n) is 4.02. The van der Waals surface area contributed by atoms with Crippen LogP contribution in [0.5, 0.6) is 0 Å². The number of halogens is 1. The molecule has 0 aliphatic heterocycles. The number of anilines is 1. The van der Waals surface area contributed by atoms with Gasteiger partial charge in [-0.3, -0.25) is 4.79 Å². The molecule has 2 aromatic carbocycles. The van der Waals surface area contributed by atoms with Crippen molar-refractivity contribution < 1.29 is 18.8 Å². The minimum atomic E-state index is -1.04. The molecule has 3 rings (SSSR count). The molecule has 7 heteroatoms. The van der Waals surface area contributed by atoms with Gasteiger partial charge in [-0.05, 0) is 43.2 Å². The first-order valence-electron chi connectivity index (χ1n) is 8.90. The van der Waals surface area contributed by atoms with Gasteiger partial charge in [0, 0.05) is 11.1 Å². The summed E-state index contributed by atoms with van der Waals surface area (Å²) in [5.74, 6) is -0.328. The number of esters is 1. The van der Waals surface area contributed by atoms with E-state index in [1.54, 1.807) is 43.3 Å². The van der Waals surface area contributed by atoms with Gasteiger partial charge in [0.1, 0.15) is 5.76 Å². The van der Waals surface area contributed by atoms with E-state index in [9.17, 15) is 9.59 Å². The zero-order valence-electron chi connectivity index (χ0n) is 15.9. The first-order valence-corrected chi connectivity index (χ1v) is 9.28. The fourth-order valence-corrected chi connectivity index (χ4v) is 2.66. The summed E-state index contributed by atoms with van der Waals surface area (Å²) >= 11 is 5.96. The fourth-order valence-electron chi connectivity index (χ4n) is 2.54. The van der Waals surface area contributed by atoms with E-state index in [1.165, 1.54) is 6.92 Å². The number of ether oxygens (including phenoxy) is 1. The van der Waals surface area contributed by atoms with Gasteiger partial charge in [0.25, 0.3) is 5.91 Å². The number of aryl methyl sites for hydroxylation is 1. The van der Waals surface area contributed by atoms with Crippen LogP contribution in [0.25, 0.3) is 11.6 Å². The third-order valence-corrected chi connectivity index (χ3v) is 4.27. The topological polar surface area (TPSA) is 81.4 Å². The molecule has 1 amide bonds. The average molecular weight is 411 g/mol. The van der Waals surface area contributed by atoms with Gasteiger partial charge < -0.3 is 14.6 Å². The molecule has 0 spiro atoms. The number of nitrogens with one attached hydrogen (secondary N) is 1. The van der Waals surface area contributed by atoms with Crippen molar-refractivity contribution in [1.82, 2.24) is 5.16 Å². The molecule has 0 aliphatic carbocycles. The molecule has 1 heterocycles. The summed E-state index contributed by atoms with van der Waals surface area (Å²) < 4.78 is 10.3. The maximum atomic E-state index is 12.9. The molecule has 0 saturated carbocycles. The van der Waals surface area contributed by atoms with Crippen LogP contribution in [0.15, 0.2) is 65.2 Å². The Hall–Kier alpha value is -3.38. The highest BCUT2D eigenvalue weighted by Crippen LogP contribution is 2.23. The van der Waals surface area contributed by atoms with Crippen LogP contribution < -0.4 is 5.32 Å². The van der Waals surface area contributed by atoms with Crippen molar-refractivity contribution in [2.75, 3.05) is 5.32 Å². The number of nitrogens with zero attached hydrogens (tertiary/aromatic N) is 1. The van der Waals surface area contributed by atoms with Gasteiger partial charge in [-0.25, -0.2) is 4.79 Å². The molecule has 0 saturated heterocycles. The standard InChI is InChI=1S/C22H19ClN2O4/c1-14-12-20(25-29-14)24-21(26)15(2)28-22(27)19(13-16-6-4-3-5-7-16)17-8-10-18(23)11-9-17/h3-13,15H,1-2H3,(H,24,25,26)/b19-13+/t15-/m0/s1. The normalized spacial score (nSPS) is 12.3. The average Bonchev–Trinajstić information content (AvgIpc) is 3.12. The maximum absolute atomic E-state index is 12.9. The first kappa shape index (κ1) is 20.4. The largest absolute Gasteiger partial charge is 0.449 e. The number of benzene rings is 2. The van der Waals surface area contributed by atoms with Crippen molar-refractivity contribution in [3.05, 3.63) is 82.6 Å². The zero-order chi connectivity index (χ0) is 20.8. The second-order valence-corrected chi connectivity index (χ2v) is 6.77. The van der Waals surface area contributed by atoms with Crippen molar-refractivity contribution in [2.45, 2.75) is 20.0 Å². The van der Waals surface area contributed by atoms with E-state index < -0.39 is 18.0 Å². The monoisotopic (exact) mass is 410 g/mol. The van der Waals surface area contributed by atoms with Crippen LogP contribution in [-0.2, 0) is 14.3 Å². The fraction of sp³-hybridized carbons (Fsp3) is 0.136. The number of hydrogen-bond acceptors (Lipinski definition) is 5. The first-order chi connectivity index (χ1) is 13.9. The Morgan fingerprint density at radius 3 is 2.45 bits per heavy atom. The van der Waals surface area contributed by atoms with Crippen molar-refractivity contribution in [3.63, 3.8) is 0 Å². The van der Waals surface area contributed by atoms with Gasteiger partial charge in [-0.1, -0.05) is 59.2 Å². The molecular formula is C22H19ClN2O4. The van der Waals surface area contributed by atoms with Gasteiger partial charge in [-0.15, -0.1) is 0 Å². The molecule has 0 bridgehead atoms. The van der Waals surface area contributed by atoms with Crippen LogP contribution in [0.4, 0.5) is 5.82 Å². The summed E-state index contributed by atoms with van der Waals surface area (Å²) in [6, 6.07) is 17.7. The summed E-state index contributed by atoms with van der Waals surface area (Å²) in [4.78, 5) is 25.2. The van der Waals surface area contributed by atoms with Crippen LogP contribution >= 0.6 is 11.6 Å². The zero-order valence-corrected chi connectivity index (χ0v) is 16.6. The summed E-state index contributed by atoms with van der Waals surface area (Å²) in [6.07, 6.45) is 0.669. The van der Waals surface area contributed by atoms with Gasteiger partial charge >= 0.3 is 5.97 Å². The Bertz CT molecular complexity index is 1030. The highest BCUT2D eigenvalue weighted by atomic mass is 35.5. The molecule has 1 N–H and O–H groups in total. The van der Waals surface area contributed by atoms with Crippen molar-refractivity contribution in [2.24, 2.45) is 0 Å². The molecule has 0 unspecified atom stereocenters. The molecule has 148 valence electrons. The highest BCUT2D eigenvalue weighted by Gasteiger charge is 2.22. The van der Waals surface area contributed by atoms with E-state index in [0.717, 1.165) is 5.56 Å². The number of aromatic nitrogens is 1. The van der Waals surface area contributed by atoms with Crippen molar-refractivity contribution >= 4 is 40.9 Å². The Kier molecular flexibility index (Phi) is 6.46.